The van der Waals surface area contributed by atoms with E-state index in [9.17, 15) is 0 Å². The minimum Gasteiger partial charge on any atom is -0.726 e. The van der Waals surface area contributed by atoms with E-state index in [1.807, 2.05) is 0 Å². The standard InChI is InChI=1S/C23H51N2.H2O4S/c1-5-6-7-8-9-10-11-12-13-14-15-16-17-18-19-20-21-24-22-23-25(2,3)4;1-5(2,3)4/h24H,5-23H2,1-4H3;(H2,1,2,3,4)/q+1;/p-1. The monoisotopic (exact) mass is 452 g/mol. The van der Waals surface area contributed by atoms with Gasteiger partial charge in [0.05, 0.1) is 27.7 Å². The molecule has 0 heterocycles. The van der Waals surface area contributed by atoms with Gasteiger partial charge in [0, 0.05) is 6.54 Å². The van der Waals surface area contributed by atoms with Crippen LogP contribution in [0.4, 0.5) is 0 Å². The van der Waals surface area contributed by atoms with Crippen molar-refractivity contribution in [3.63, 3.8) is 0 Å². The van der Waals surface area contributed by atoms with E-state index in [2.05, 4.69) is 33.4 Å². The average molecular weight is 453 g/mol. The van der Waals surface area contributed by atoms with Crippen molar-refractivity contribution in [3.8, 4) is 0 Å². The van der Waals surface area contributed by atoms with Gasteiger partial charge in [-0.15, -0.1) is 0 Å². The van der Waals surface area contributed by atoms with Gasteiger partial charge in [-0.05, 0) is 13.0 Å². The Kier molecular flexibility index (Phi) is 23.4. The molecule has 0 aromatic heterocycles. The molecular weight excluding hydrogens is 400 g/mol. The normalized spacial score (nSPS) is 11.9. The topological polar surface area (TPSA) is 89.5 Å². The number of quaternary nitrogens is 1. The lowest BCUT2D eigenvalue weighted by Gasteiger charge is -2.23. The molecule has 0 spiro atoms. The summed E-state index contributed by atoms with van der Waals surface area (Å²) in [5, 5.41) is 3.58. The number of hydrogen-bond acceptors (Lipinski definition) is 4. The van der Waals surface area contributed by atoms with Crippen LogP contribution >= 0.6 is 0 Å². The minimum absolute atomic E-state index is 1.06. The Labute approximate surface area is 188 Å². The summed E-state index contributed by atoms with van der Waals surface area (Å²) < 4.78 is 33.9. The number of unbranched alkanes of at least 4 members (excludes halogenated alkanes) is 15. The summed E-state index contributed by atoms with van der Waals surface area (Å²) in [5.74, 6) is 0. The van der Waals surface area contributed by atoms with Crippen LogP contribution in [0.1, 0.15) is 110 Å². The molecular formula is C23H52N2O4S. The lowest BCUT2D eigenvalue weighted by Crippen LogP contribution is -2.40. The second kappa shape index (κ2) is 22.0. The summed E-state index contributed by atoms with van der Waals surface area (Å²) in [7, 11) is 1.86. The van der Waals surface area contributed by atoms with Crippen molar-refractivity contribution >= 4 is 10.4 Å². The average Bonchev–Trinajstić information content (AvgIpc) is 2.61. The maximum absolute atomic E-state index is 8.63. The molecule has 0 aliphatic heterocycles. The van der Waals surface area contributed by atoms with Crippen molar-refractivity contribution in [1.82, 2.24) is 5.32 Å². The SMILES string of the molecule is CCCCCCCCCCCCCCCCCCNCC[N+](C)(C)C.O=S(=O)([O-])O. The van der Waals surface area contributed by atoms with E-state index in [4.69, 9.17) is 17.5 Å². The molecule has 0 bridgehead atoms. The first kappa shape index (κ1) is 32.0. The van der Waals surface area contributed by atoms with Crippen LogP contribution < -0.4 is 5.32 Å². The second-order valence-electron chi connectivity index (χ2n) is 9.49. The Hall–Kier alpha value is -0.210. The van der Waals surface area contributed by atoms with E-state index >= 15 is 0 Å². The predicted octanol–water partition coefficient (Wildman–Crippen LogP) is 5.55. The summed E-state index contributed by atoms with van der Waals surface area (Å²) >= 11 is 0. The fourth-order valence-corrected chi connectivity index (χ4v) is 3.34. The van der Waals surface area contributed by atoms with E-state index in [0.717, 1.165) is 11.0 Å². The summed E-state index contributed by atoms with van der Waals surface area (Å²) in [5.41, 5.74) is 0. The fraction of sp³-hybridized carbons (Fsp3) is 1.00. The van der Waals surface area contributed by atoms with Crippen LogP contribution in [0.25, 0.3) is 0 Å². The van der Waals surface area contributed by atoms with Gasteiger partial charge in [0.15, 0.2) is 0 Å². The molecule has 0 fully saturated rings. The maximum atomic E-state index is 8.63. The van der Waals surface area contributed by atoms with E-state index in [1.165, 1.54) is 116 Å². The molecule has 0 radical (unpaired) electrons. The molecule has 2 N–H and O–H groups in total. The molecule has 7 heteroatoms. The highest BCUT2D eigenvalue weighted by molar-refractivity contribution is 7.79. The Balaban J connectivity index is 0. The fourth-order valence-electron chi connectivity index (χ4n) is 3.34. The van der Waals surface area contributed by atoms with Crippen molar-refractivity contribution < 1.29 is 22.0 Å². The third-order valence-electron chi connectivity index (χ3n) is 5.17. The lowest BCUT2D eigenvalue weighted by molar-refractivity contribution is -0.869. The van der Waals surface area contributed by atoms with E-state index in [-0.39, 0.29) is 0 Å². The molecule has 0 rings (SSSR count). The van der Waals surface area contributed by atoms with Gasteiger partial charge in [0.25, 0.3) is 0 Å². The quantitative estimate of drug-likeness (QED) is 0.109. The van der Waals surface area contributed by atoms with Gasteiger partial charge < -0.3 is 14.4 Å². The molecule has 30 heavy (non-hydrogen) atoms. The number of nitrogens with one attached hydrogen (secondary N) is 1. The molecule has 0 aromatic carbocycles. The zero-order valence-electron chi connectivity index (χ0n) is 20.5. The summed E-state index contributed by atoms with van der Waals surface area (Å²) in [6.45, 7) is 5.88. The van der Waals surface area contributed by atoms with Crippen LogP contribution in [-0.2, 0) is 10.4 Å². The first-order valence-corrected chi connectivity index (χ1v) is 13.6. The van der Waals surface area contributed by atoms with Crippen LogP contribution in [0.5, 0.6) is 0 Å². The molecule has 0 aromatic rings. The van der Waals surface area contributed by atoms with E-state index in [0.29, 0.717) is 0 Å². The first-order valence-electron chi connectivity index (χ1n) is 12.3. The van der Waals surface area contributed by atoms with Crippen molar-refractivity contribution in [3.05, 3.63) is 0 Å². The van der Waals surface area contributed by atoms with Crippen LogP contribution in [-0.4, -0.2) is 62.8 Å². The predicted molar refractivity (Wildman–Crippen MR) is 128 cm³/mol. The zero-order valence-corrected chi connectivity index (χ0v) is 21.3. The van der Waals surface area contributed by atoms with Crippen molar-refractivity contribution in [2.24, 2.45) is 0 Å². The molecule has 0 saturated carbocycles. The third-order valence-corrected chi connectivity index (χ3v) is 5.17. The summed E-state index contributed by atoms with van der Waals surface area (Å²) in [6, 6.07) is 0. The molecule has 0 aliphatic rings. The van der Waals surface area contributed by atoms with Gasteiger partial charge in [-0.2, -0.15) is 0 Å². The lowest BCUT2D eigenvalue weighted by atomic mass is 10.0. The molecule has 0 saturated heterocycles. The molecule has 0 aliphatic carbocycles. The third kappa shape index (κ3) is 42.0. The molecule has 6 nitrogen and oxygen atoms in total. The first-order chi connectivity index (χ1) is 14.1. The molecule has 0 amide bonds. The highest BCUT2D eigenvalue weighted by Gasteiger charge is 2.04. The van der Waals surface area contributed by atoms with Crippen molar-refractivity contribution in [2.45, 2.75) is 110 Å². The van der Waals surface area contributed by atoms with Crippen LogP contribution in [0.15, 0.2) is 0 Å². The second-order valence-corrected chi connectivity index (χ2v) is 10.4. The number of nitrogens with zero attached hydrogens (tertiary/aromatic N) is 1. The van der Waals surface area contributed by atoms with E-state index < -0.39 is 10.4 Å². The van der Waals surface area contributed by atoms with Gasteiger partial charge >= 0.3 is 0 Å². The Morgan fingerprint density at radius 2 is 0.967 bits per heavy atom. The largest absolute Gasteiger partial charge is 0.726 e. The Bertz CT molecular complexity index is 429. The highest BCUT2D eigenvalue weighted by Crippen LogP contribution is 2.13. The van der Waals surface area contributed by atoms with Crippen LogP contribution in [0.2, 0.25) is 0 Å². The zero-order chi connectivity index (χ0) is 23.1. The van der Waals surface area contributed by atoms with Crippen LogP contribution in [0.3, 0.4) is 0 Å². The smallest absolute Gasteiger partial charge is 0.215 e. The number of likely N-dealkylation sites (N-methyl/N-ethyl adjacent to an activating group) is 1. The van der Waals surface area contributed by atoms with Crippen molar-refractivity contribution in [1.29, 1.82) is 0 Å². The number of hydrogen-bond donors (Lipinski definition) is 2. The summed E-state index contributed by atoms with van der Waals surface area (Å²) in [6.07, 6.45) is 23.2. The molecule has 0 unspecified atom stereocenters. The van der Waals surface area contributed by atoms with E-state index in [1.54, 1.807) is 0 Å². The van der Waals surface area contributed by atoms with Gasteiger partial charge in [0.1, 0.15) is 0 Å². The Morgan fingerprint density at radius 1 is 0.667 bits per heavy atom. The summed E-state index contributed by atoms with van der Waals surface area (Å²) in [4.78, 5) is 0. The van der Waals surface area contributed by atoms with Crippen LogP contribution in [0, 0.1) is 0 Å². The Morgan fingerprint density at radius 3 is 1.27 bits per heavy atom. The minimum atomic E-state index is -4.92. The maximum Gasteiger partial charge on any atom is 0.215 e. The number of rotatable bonds is 20. The van der Waals surface area contributed by atoms with Crippen molar-refractivity contribution in [2.75, 3.05) is 40.8 Å². The van der Waals surface area contributed by atoms with Gasteiger partial charge in [-0.3, -0.25) is 4.55 Å². The molecule has 184 valence electrons. The van der Waals surface area contributed by atoms with Gasteiger partial charge in [-0.25, -0.2) is 8.42 Å². The van der Waals surface area contributed by atoms with Gasteiger partial charge in [-0.1, -0.05) is 103 Å². The highest BCUT2D eigenvalue weighted by atomic mass is 32.3. The molecule has 0 atom stereocenters. The van der Waals surface area contributed by atoms with Gasteiger partial charge in [0.2, 0.25) is 10.4 Å².